The van der Waals surface area contributed by atoms with E-state index in [2.05, 4.69) is 64.2 Å². The molecule has 0 bridgehead atoms. The Morgan fingerprint density at radius 1 is 1.14 bits per heavy atom. The van der Waals surface area contributed by atoms with E-state index >= 15 is 0 Å². The molecule has 4 nitrogen and oxygen atoms in total. The number of nitrogens with one attached hydrogen (secondary N) is 1. The predicted octanol–water partition coefficient (Wildman–Crippen LogP) is 2.98. The van der Waals surface area contributed by atoms with Gasteiger partial charge in [-0.25, -0.2) is 4.98 Å². The molecule has 0 saturated heterocycles. The van der Waals surface area contributed by atoms with Gasteiger partial charge in [0.25, 0.3) is 0 Å². The third-order valence-electron chi connectivity index (χ3n) is 3.45. The zero-order valence-corrected chi connectivity index (χ0v) is 12.5. The fourth-order valence-corrected chi connectivity index (χ4v) is 2.38. The highest BCUT2D eigenvalue weighted by atomic mass is 15.0. The van der Waals surface area contributed by atoms with Crippen LogP contribution in [-0.4, -0.2) is 20.6 Å². The van der Waals surface area contributed by atoms with Gasteiger partial charge in [0.05, 0.1) is 24.1 Å². The van der Waals surface area contributed by atoms with Gasteiger partial charge in [-0.1, -0.05) is 38.1 Å². The van der Waals surface area contributed by atoms with Crippen molar-refractivity contribution in [3.63, 3.8) is 0 Å². The lowest BCUT2D eigenvalue weighted by Gasteiger charge is -2.06. The van der Waals surface area contributed by atoms with Crippen molar-refractivity contribution < 1.29 is 0 Å². The van der Waals surface area contributed by atoms with Gasteiger partial charge in [-0.3, -0.25) is 4.98 Å². The number of para-hydroxylation sites is 1. The molecule has 4 heteroatoms. The van der Waals surface area contributed by atoms with Gasteiger partial charge >= 0.3 is 0 Å². The van der Waals surface area contributed by atoms with E-state index in [4.69, 9.17) is 0 Å². The number of imidazole rings is 1. The van der Waals surface area contributed by atoms with Crippen LogP contribution in [0, 0.1) is 0 Å². The SMILES string of the molecule is CC(C)NCc1cn(Cc2cccc3cccnc23)cn1. The molecule has 1 aromatic carbocycles. The monoisotopic (exact) mass is 280 g/mol. The van der Waals surface area contributed by atoms with E-state index in [-0.39, 0.29) is 0 Å². The van der Waals surface area contributed by atoms with Gasteiger partial charge in [0.15, 0.2) is 0 Å². The highest BCUT2D eigenvalue weighted by Gasteiger charge is 2.04. The van der Waals surface area contributed by atoms with E-state index in [9.17, 15) is 0 Å². The minimum absolute atomic E-state index is 0.470. The van der Waals surface area contributed by atoms with Crippen LogP contribution in [0.15, 0.2) is 49.1 Å². The Hall–Kier alpha value is -2.20. The molecule has 0 atom stereocenters. The van der Waals surface area contributed by atoms with Crippen LogP contribution in [-0.2, 0) is 13.1 Å². The summed E-state index contributed by atoms with van der Waals surface area (Å²) in [6.45, 7) is 5.87. The molecule has 0 aliphatic heterocycles. The van der Waals surface area contributed by atoms with Gasteiger partial charge in [-0.05, 0) is 11.6 Å². The lowest BCUT2D eigenvalue weighted by atomic mass is 10.1. The summed E-state index contributed by atoms with van der Waals surface area (Å²) < 4.78 is 2.11. The topological polar surface area (TPSA) is 42.7 Å². The van der Waals surface area contributed by atoms with Crippen molar-refractivity contribution in [2.75, 3.05) is 0 Å². The molecule has 3 aromatic rings. The van der Waals surface area contributed by atoms with Crippen LogP contribution in [0.1, 0.15) is 25.1 Å². The molecule has 0 saturated carbocycles. The van der Waals surface area contributed by atoms with E-state index in [1.165, 1.54) is 10.9 Å². The Labute approximate surface area is 124 Å². The van der Waals surface area contributed by atoms with E-state index in [0.717, 1.165) is 24.3 Å². The molecule has 0 unspecified atom stereocenters. The summed E-state index contributed by atoms with van der Waals surface area (Å²) in [5, 5.41) is 4.56. The van der Waals surface area contributed by atoms with Crippen LogP contribution < -0.4 is 5.32 Å². The minimum atomic E-state index is 0.470. The molecule has 0 spiro atoms. The summed E-state index contributed by atoms with van der Waals surface area (Å²) in [4.78, 5) is 8.94. The van der Waals surface area contributed by atoms with E-state index in [1.54, 1.807) is 0 Å². The summed E-state index contributed by atoms with van der Waals surface area (Å²) in [5.74, 6) is 0. The first kappa shape index (κ1) is 13.8. The molecule has 0 aliphatic carbocycles. The van der Waals surface area contributed by atoms with E-state index < -0.39 is 0 Å². The highest BCUT2D eigenvalue weighted by molar-refractivity contribution is 5.81. The molecule has 21 heavy (non-hydrogen) atoms. The number of benzene rings is 1. The van der Waals surface area contributed by atoms with Crippen LogP contribution >= 0.6 is 0 Å². The fourth-order valence-electron chi connectivity index (χ4n) is 2.38. The number of hydrogen-bond acceptors (Lipinski definition) is 3. The predicted molar refractivity (Wildman–Crippen MR) is 85.0 cm³/mol. The number of fused-ring (bicyclic) bond motifs is 1. The first-order valence-electron chi connectivity index (χ1n) is 7.29. The van der Waals surface area contributed by atoms with Crippen LogP contribution in [0.2, 0.25) is 0 Å². The minimum Gasteiger partial charge on any atom is -0.333 e. The molecular formula is C17H20N4. The molecule has 2 aromatic heterocycles. The highest BCUT2D eigenvalue weighted by Crippen LogP contribution is 2.17. The fraction of sp³-hybridized carbons (Fsp3) is 0.294. The Bertz CT molecular complexity index is 725. The van der Waals surface area contributed by atoms with Crippen molar-refractivity contribution in [2.24, 2.45) is 0 Å². The van der Waals surface area contributed by atoms with Crippen molar-refractivity contribution in [1.82, 2.24) is 19.9 Å². The van der Waals surface area contributed by atoms with Crippen molar-refractivity contribution in [1.29, 1.82) is 0 Å². The molecule has 108 valence electrons. The average molecular weight is 280 g/mol. The van der Waals surface area contributed by atoms with Crippen molar-refractivity contribution in [3.05, 3.63) is 60.3 Å². The van der Waals surface area contributed by atoms with Gasteiger partial charge in [0.2, 0.25) is 0 Å². The summed E-state index contributed by atoms with van der Waals surface area (Å²) in [6.07, 6.45) is 5.83. The maximum absolute atomic E-state index is 4.50. The average Bonchev–Trinajstić information content (AvgIpc) is 2.93. The molecule has 1 N–H and O–H groups in total. The second-order valence-electron chi connectivity index (χ2n) is 5.57. The van der Waals surface area contributed by atoms with Gasteiger partial charge < -0.3 is 9.88 Å². The van der Waals surface area contributed by atoms with Crippen molar-refractivity contribution in [2.45, 2.75) is 33.0 Å². The quantitative estimate of drug-likeness (QED) is 0.781. The first-order valence-corrected chi connectivity index (χ1v) is 7.29. The normalized spacial score (nSPS) is 11.4. The van der Waals surface area contributed by atoms with Crippen LogP contribution in [0.25, 0.3) is 10.9 Å². The standard InChI is InChI=1S/C17H20N4/c1-13(2)19-9-16-11-21(12-20-16)10-15-6-3-5-14-7-4-8-18-17(14)15/h3-8,11-13,19H,9-10H2,1-2H3. The van der Waals surface area contributed by atoms with Gasteiger partial charge in [0, 0.05) is 30.4 Å². The van der Waals surface area contributed by atoms with Gasteiger partial charge in [-0.15, -0.1) is 0 Å². The summed E-state index contributed by atoms with van der Waals surface area (Å²) >= 11 is 0. The van der Waals surface area contributed by atoms with Gasteiger partial charge in [0.1, 0.15) is 0 Å². The molecule has 2 heterocycles. The second kappa shape index (κ2) is 6.06. The summed E-state index contributed by atoms with van der Waals surface area (Å²) in [5.41, 5.74) is 3.35. The number of pyridine rings is 1. The summed E-state index contributed by atoms with van der Waals surface area (Å²) in [6, 6.07) is 10.8. The number of nitrogens with zero attached hydrogens (tertiary/aromatic N) is 3. The first-order chi connectivity index (χ1) is 10.2. The summed E-state index contributed by atoms with van der Waals surface area (Å²) in [7, 11) is 0. The number of hydrogen-bond donors (Lipinski definition) is 1. The molecule has 0 radical (unpaired) electrons. The molecule has 0 amide bonds. The molecular weight excluding hydrogens is 260 g/mol. The number of aromatic nitrogens is 3. The van der Waals surface area contributed by atoms with Crippen LogP contribution in [0.5, 0.6) is 0 Å². The lowest BCUT2D eigenvalue weighted by Crippen LogP contribution is -2.21. The van der Waals surface area contributed by atoms with Gasteiger partial charge in [-0.2, -0.15) is 0 Å². The lowest BCUT2D eigenvalue weighted by molar-refractivity contribution is 0.582. The van der Waals surface area contributed by atoms with Crippen molar-refractivity contribution in [3.8, 4) is 0 Å². The Kier molecular flexibility index (Phi) is 3.97. The van der Waals surface area contributed by atoms with Crippen LogP contribution in [0.4, 0.5) is 0 Å². The molecule has 0 fully saturated rings. The Morgan fingerprint density at radius 3 is 2.86 bits per heavy atom. The molecule has 0 aliphatic rings. The maximum atomic E-state index is 4.50. The third-order valence-corrected chi connectivity index (χ3v) is 3.45. The zero-order chi connectivity index (χ0) is 14.7. The smallest absolute Gasteiger partial charge is 0.0953 e. The number of rotatable bonds is 5. The van der Waals surface area contributed by atoms with E-state index in [1.807, 2.05) is 18.6 Å². The maximum Gasteiger partial charge on any atom is 0.0953 e. The Morgan fingerprint density at radius 2 is 2.00 bits per heavy atom. The molecule has 3 rings (SSSR count). The third kappa shape index (κ3) is 3.28. The zero-order valence-electron chi connectivity index (χ0n) is 12.5. The van der Waals surface area contributed by atoms with Crippen LogP contribution in [0.3, 0.4) is 0 Å². The largest absolute Gasteiger partial charge is 0.333 e. The second-order valence-corrected chi connectivity index (χ2v) is 5.57. The Balaban J connectivity index is 1.79. The van der Waals surface area contributed by atoms with Crippen molar-refractivity contribution >= 4 is 10.9 Å². The van der Waals surface area contributed by atoms with E-state index in [0.29, 0.717) is 6.04 Å².